The van der Waals surface area contributed by atoms with Crippen molar-refractivity contribution in [3.05, 3.63) is 81.4 Å². The van der Waals surface area contributed by atoms with Gasteiger partial charge in [-0.1, -0.05) is 37.3 Å². The van der Waals surface area contributed by atoms with Gasteiger partial charge in [0, 0.05) is 35.6 Å². The second kappa shape index (κ2) is 14.2. The highest BCUT2D eigenvalue weighted by atomic mass is 32.1. The number of carbonyl (C=O) groups excluding carboxylic acids is 1. The predicted molar refractivity (Wildman–Crippen MR) is 205 cm³/mol. The Morgan fingerprint density at radius 1 is 1.00 bits per heavy atom. The van der Waals surface area contributed by atoms with Crippen LogP contribution in [-0.4, -0.2) is 74.9 Å². The third-order valence-corrected chi connectivity index (χ3v) is 12.7. The summed E-state index contributed by atoms with van der Waals surface area (Å²) in [5, 5.41) is 20.2. The average Bonchev–Trinajstić information content (AvgIpc) is 3.93. The van der Waals surface area contributed by atoms with E-state index in [1.165, 1.54) is 32.5 Å². The van der Waals surface area contributed by atoms with Crippen LogP contribution in [0.15, 0.2) is 52.9 Å². The fraction of sp³-hybridized carbons (Fsp3) is 0.405. The molecule has 1 saturated carbocycles. The molecule has 53 heavy (non-hydrogen) atoms. The molecule has 0 unspecified atom stereocenters. The number of carboxylic acid groups (broad SMARTS) is 1. The molecule has 4 aliphatic rings. The quantitative estimate of drug-likeness (QED) is 0.160. The molecule has 5 aromatic rings. The number of hydrogen-bond acceptors (Lipinski definition) is 9. The molecule has 3 aromatic carbocycles. The number of fused-ring (bicyclic) bond motifs is 2. The molecule has 0 atom stereocenters. The monoisotopic (exact) mass is 728 g/mol. The van der Waals surface area contributed by atoms with E-state index in [1.54, 1.807) is 16.2 Å². The van der Waals surface area contributed by atoms with Crippen molar-refractivity contribution in [1.29, 1.82) is 5.26 Å². The number of hydrogen-bond donors (Lipinski definition) is 1. The highest BCUT2D eigenvalue weighted by Gasteiger charge is 2.54. The second-order valence-electron chi connectivity index (χ2n) is 15.2. The zero-order valence-corrected chi connectivity index (χ0v) is 31.3. The Bertz CT molecular complexity index is 2230. The van der Waals surface area contributed by atoms with Crippen LogP contribution < -0.4 is 0 Å². The Morgan fingerprint density at radius 3 is 2.30 bits per heavy atom. The smallest absolute Gasteiger partial charge is 0.306 e. The fourth-order valence-corrected chi connectivity index (χ4v) is 9.92. The number of nitriles is 1. The van der Waals surface area contributed by atoms with Gasteiger partial charge in [-0.05, 0) is 111 Å². The van der Waals surface area contributed by atoms with Gasteiger partial charge in [0.15, 0.2) is 5.58 Å². The van der Waals surface area contributed by atoms with Crippen LogP contribution in [0.3, 0.4) is 0 Å². The summed E-state index contributed by atoms with van der Waals surface area (Å²) < 4.78 is 6.28. The Labute approximate surface area is 313 Å². The van der Waals surface area contributed by atoms with Crippen molar-refractivity contribution >= 4 is 34.8 Å². The van der Waals surface area contributed by atoms with E-state index in [0.29, 0.717) is 42.2 Å². The van der Waals surface area contributed by atoms with Crippen LogP contribution in [0.5, 0.6) is 0 Å². The lowest BCUT2D eigenvalue weighted by molar-refractivity contribution is -0.161. The Morgan fingerprint density at radius 2 is 1.68 bits per heavy atom. The molecule has 9 rings (SSSR count). The van der Waals surface area contributed by atoms with Gasteiger partial charge in [0.1, 0.15) is 16.6 Å². The number of aliphatic carboxylic acids is 1. The van der Waals surface area contributed by atoms with Crippen molar-refractivity contribution < 1.29 is 19.1 Å². The zero-order valence-electron chi connectivity index (χ0n) is 30.5. The minimum Gasteiger partial charge on any atom is -0.481 e. The molecule has 272 valence electrons. The highest BCUT2D eigenvalue weighted by Crippen LogP contribution is 2.52. The van der Waals surface area contributed by atoms with Crippen LogP contribution in [-0.2, 0) is 29.2 Å². The van der Waals surface area contributed by atoms with E-state index >= 15 is 0 Å². The summed E-state index contributed by atoms with van der Waals surface area (Å²) in [4.78, 5) is 39.9. The number of likely N-dealkylation sites (tertiary alicyclic amines) is 2. The third-order valence-electron chi connectivity index (χ3n) is 11.6. The largest absolute Gasteiger partial charge is 0.481 e. The lowest BCUT2D eigenvalue weighted by atomic mass is 9.57. The first-order chi connectivity index (χ1) is 25.7. The summed E-state index contributed by atoms with van der Waals surface area (Å²) in [6, 6.07) is 18.6. The number of thiazole rings is 1. The summed E-state index contributed by atoms with van der Waals surface area (Å²) in [5.41, 5.74) is 10.0. The lowest BCUT2D eigenvalue weighted by Crippen LogP contribution is -2.62. The number of oxazole rings is 1. The SMILES string of the molecule is CCN1CCCC1.Cc1c(-c2nc3cc(CN4CC5(CC(C(=O)O)C5)C4)cc(C#N)c3o2)cccc1-c1cccc(-c2nc3c(s2)CN(C=O)C3)c1C. The van der Waals surface area contributed by atoms with Crippen LogP contribution in [0.4, 0.5) is 0 Å². The molecule has 3 fully saturated rings. The van der Waals surface area contributed by atoms with Crippen molar-refractivity contribution in [2.45, 2.75) is 66.1 Å². The van der Waals surface area contributed by atoms with Gasteiger partial charge in [-0.2, -0.15) is 5.26 Å². The predicted octanol–water partition coefficient (Wildman–Crippen LogP) is 7.64. The molecule has 3 aliphatic heterocycles. The van der Waals surface area contributed by atoms with E-state index in [9.17, 15) is 20.0 Å². The van der Waals surface area contributed by atoms with E-state index < -0.39 is 5.97 Å². The Hall–Kier alpha value is -4.89. The standard InChI is InChI=1S/C36H31N5O4S.C6H13N/c1-20-25(26-6-4-8-28(21(26)2)34-39-30-15-40(19-42)16-31(30)46-34)5-3-7-27(20)33-38-29-10-22(9-23(13-37)32(29)45-33)14-41-17-36(18-41)11-24(12-36)35(43)44;1-2-7-5-3-4-6-7/h3-10,19,24H,11-12,14-18H2,1-2H3,(H,43,44);2-6H2,1H3. The third kappa shape index (κ3) is 6.65. The van der Waals surface area contributed by atoms with Crippen LogP contribution in [0, 0.1) is 36.5 Å². The van der Waals surface area contributed by atoms with Gasteiger partial charge in [-0.15, -0.1) is 11.3 Å². The van der Waals surface area contributed by atoms with Crippen LogP contribution in [0.2, 0.25) is 0 Å². The van der Waals surface area contributed by atoms with E-state index in [1.807, 2.05) is 24.3 Å². The molecule has 11 heteroatoms. The summed E-state index contributed by atoms with van der Waals surface area (Å²) in [6.07, 6.45) is 5.24. The zero-order chi connectivity index (χ0) is 36.9. The highest BCUT2D eigenvalue weighted by molar-refractivity contribution is 7.15. The Balaban J connectivity index is 0.000000515. The maximum absolute atomic E-state index is 11.2. The van der Waals surface area contributed by atoms with Crippen LogP contribution >= 0.6 is 11.3 Å². The maximum Gasteiger partial charge on any atom is 0.306 e. The van der Waals surface area contributed by atoms with Gasteiger partial charge in [-0.3, -0.25) is 14.5 Å². The summed E-state index contributed by atoms with van der Waals surface area (Å²) in [7, 11) is 0. The van der Waals surface area contributed by atoms with E-state index in [2.05, 4.69) is 60.9 Å². The van der Waals surface area contributed by atoms with Gasteiger partial charge in [0.25, 0.3) is 0 Å². The average molecular weight is 729 g/mol. The fourth-order valence-electron chi connectivity index (χ4n) is 8.74. The summed E-state index contributed by atoms with van der Waals surface area (Å²) in [5.74, 6) is -0.417. The maximum atomic E-state index is 11.2. The number of benzene rings is 3. The lowest BCUT2D eigenvalue weighted by Gasteiger charge is -2.58. The van der Waals surface area contributed by atoms with Gasteiger partial charge >= 0.3 is 5.97 Å². The molecule has 0 bridgehead atoms. The number of amides is 1. The first-order valence-electron chi connectivity index (χ1n) is 18.6. The molecule has 1 N–H and O–H groups in total. The number of aromatic nitrogens is 2. The van der Waals surface area contributed by atoms with Gasteiger partial charge in [0.2, 0.25) is 12.3 Å². The Kier molecular flexibility index (Phi) is 9.39. The minimum atomic E-state index is -0.688. The van der Waals surface area contributed by atoms with Crippen molar-refractivity contribution in [3.8, 4) is 39.2 Å². The number of rotatable bonds is 8. The van der Waals surface area contributed by atoms with E-state index in [-0.39, 0.29) is 11.3 Å². The van der Waals surface area contributed by atoms with E-state index in [0.717, 1.165) is 86.9 Å². The molecule has 1 aliphatic carbocycles. The van der Waals surface area contributed by atoms with Gasteiger partial charge < -0.3 is 19.3 Å². The van der Waals surface area contributed by atoms with Crippen molar-refractivity contribution in [2.24, 2.45) is 11.3 Å². The molecular formula is C42H44N6O4S. The normalized spacial score (nSPS) is 18.0. The van der Waals surface area contributed by atoms with Crippen LogP contribution in [0.1, 0.15) is 65.4 Å². The molecule has 1 amide bonds. The van der Waals surface area contributed by atoms with Gasteiger partial charge in [-0.25, -0.2) is 9.97 Å². The second-order valence-corrected chi connectivity index (χ2v) is 16.3. The van der Waals surface area contributed by atoms with Crippen molar-refractivity contribution in [1.82, 2.24) is 24.7 Å². The number of carbonyl (C=O) groups is 2. The number of nitrogens with zero attached hydrogens (tertiary/aromatic N) is 6. The first-order valence-corrected chi connectivity index (χ1v) is 19.4. The van der Waals surface area contributed by atoms with Crippen LogP contribution in [0.25, 0.3) is 44.3 Å². The molecule has 10 nitrogen and oxygen atoms in total. The molecular weight excluding hydrogens is 685 g/mol. The molecule has 1 spiro atoms. The van der Waals surface area contributed by atoms with Gasteiger partial charge in [0.05, 0.1) is 30.3 Å². The minimum absolute atomic E-state index is 0.145. The topological polar surface area (TPSA) is 127 Å². The number of carboxylic acids is 1. The van der Waals surface area contributed by atoms with E-state index in [4.69, 9.17) is 14.4 Å². The van der Waals surface area contributed by atoms with Crippen molar-refractivity contribution in [2.75, 3.05) is 32.7 Å². The molecule has 0 radical (unpaired) electrons. The molecule has 5 heterocycles. The summed E-state index contributed by atoms with van der Waals surface area (Å²) in [6.45, 7) is 14.0. The first kappa shape index (κ1) is 35.2. The summed E-state index contributed by atoms with van der Waals surface area (Å²) >= 11 is 1.65. The van der Waals surface area contributed by atoms with Crippen molar-refractivity contribution in [3.63, 3.8) is 0 Å². The molecule has 2 aromatic heterocycles. The molecule has 2 saturated heterocycles.